The molecule has 6 heteroatoms. The van der Waals surface area contributed by atoms with E-state index in [-0.39, 0.29) is 6.04 Å². The summed E-state index contributed by atoms with van der Waals surface area (Å²) in [5.41, 5.74) is 0.947. The summed E-state index contributed by atoms with van der Waals surface area (Å²) in [7, 11) is -3.33. The van der Waals surface area contributed by atoms with Crippen molar-refractivity contribution < 1.29 is 8.42 Å². The first-order valence-corrected chi connectivity index (χ1v) is 8.98. The third kappa shape index (κ3) is 3.07. The normalized spacial score (nSPS) is 19.7. The van der Waals surface area contributed by atoms with Gasteiger partial charge in [0.15, 0.2) is 0 Å². The van der Waals surface area contributed by atoms with E-state index in [1.54, 1.807) is 16.6 Å². The summed E-state index contributed by atoms with van der Waals surface area (Å²) >= 11 is 0. The highest BCUT2D eigenvalue weighted by Crippen LogP contribution is 2.32. The van der Waals surface area contributed by atoms with E-state index in [0.29, 0.717) is 17.5 Å². The Hall–Kier alpha value is -0.850. The molecule has 1 aromatic rings. The number of H-pyrrole nitrogens is 1. The molecule has 112 valence electrons. The quantitative estimate of drug-likeness (QED) is 0.769. The molecular formula is C14H23N3O2S. The fourth-order valence-electron chi connectivity index (χ4n) is 2.43. The molecule has 2 aliphatic rings. The Morgan fingerprint density at radius 3 is 2.70 bits per heavy atom. The molecule has 1 heterocycles. The average Bonchev–Trinajstić information content (AvgIpc) is 3.33. The minimum absolute atomic E-state index is 0.225. The van der Waals surface area contributed by atoms with E-state index >= 15 is 0 Å². The maximum absolute atomic E-state index is 12.7. The zero-order chi connectivity index (χ0) is 14.2. The van der Waals surface area contributed by atoms with Crippen LogP contribution in [0.15, 0.2) is 17.2 Å². The van der Waals surface area contributed by atoms with E-state index < -0.39 is 10.0 Å². The molecule has 0 atom stereocenters. The summed E-state index contributed by atoms with van der Waals surface area (Å²) in [6.45, 7) is 3.36. The molecule has 0 amide bonds. The van der Waals surface area contributed by atoms with Crippen LogP contribution in [0, 0.1) is 0 Å². The van der Waals surface area contributed by atoms with Crippen LogP contribution in [0.1, 0.15) is 44.7 Å². The minimum Gasteiger partial charge on any atom is -0.363 e. The van der Waals surface area contributed by atoms with Gasteiger partial charge in [-0.05, 0) is 38.2 Å². The second-order valence-electron chi connectivity index (χ2n) is 5.86. The third-order valence-electron chi connectivity index (χ3n) is 3.88. The van der Waals surface area contributed by atoms with Crippen molar-refractivity contribution in [2.24, 2.45) is 0 Å². The molecular weight excluding hydrogens is 274 g/mol. The smallest absolute Gasteiger partial charge is 0.244 e. The van der Waals surface area contributed by atoms with E-state index in [1.165, 1.54) is 12.8 Å². The molecule has 0 saturated heterocycles. The molecule has 0 unspecified atom stereocenters. The van der Waals surface area contributed by atoms with Gasteiger partial charge in [0, 0.05) is 37.1 Å². The van der Waals surface area contributed by atoms with Crippen LogP contribution < -0.4 is 5.32 Å². The Kier molecular flexibility index (Phi) is 3.88. The van der Waals surface area contributed by atoms with Crippen molar-refractivity contribution in [1.29, 1.82) is 0 Å². The van der Waals surface area contributed by atoms with Crippen LogP contribution in [0.4, 0.5) is 0 Å². The Bertz CT molecular complexity index is 559. The number of hydrogen-bond donors (Lipinski definition) is 2. The second kappa shape index (κ2) is 5.50. The van der Waals surface area contributed by atoms with Gasteiger partial charge in [-0.3, -0.25) is 0 Å². The molecule has 20 heavy (non-hydrogen) atoms. The summed E-state index contributed by atoms with van der Waals surface area (Å²) in [5.74, 6) is 0. The Morgan fingerprint density at radius 1 is 1.35 bits per heavy atom. The molecule has 1 aromatic heterocycles. The topological polar surface area (TPSA) is 65.2 Å². The molecule has 5 nitrogen and oxygen atoms in total. The Morgan fingerprint density at radius 2 is 2.10 bits per heavy atom. The van der Waals surface area contributed by atoms with Crippen molar-refractivity contribution in [3.05, 3.63) is 18.0 Å². The summed E-state index contributed by atoms with van der Waals surface area (Å²) < 4.78 is 27.0. The van der Waals surface area contributed by atoms with Crippen LogP contribution in [-0.4, -0.2) is 36.3 Å². The highest BCUT2D eigenvalue weighted by Gasteiger charge is 2.37. The van der Waals surface area contributed by atoms with E-state index in [9.17, 15) is 8.42 Å². The van der Waals surface area contributed by atoms with Crippen LogP contribution in [0.2, 0.25) is 0 Å². The van der Waals surface area contributed by atoms with Crippen molar-refractivity contribution in [2.45, 2.75) is 62.6 Å². The standard InChI is InChI=1S/C14H23N3O2S/c1-2-7-17(13-5-6-13)20(18,19)14-8-12(16-10-14)9-15-11-3-4-11/h8,10-11,13,15-16H,2-7,9H2,1H3. The zero-order valence-electron chi connectivity index (χ0n) is 11.9. The lowest BCUT2D eigenvalue weighted by molar-refractivity contribution is 0.403. The Labute approximate surface area is 120 Å². The van der Waals surface area contributed by atoms with Crippen molar-refractivity contribution in [3.63, 3.8) is 0 Å². The van der Waals surface area contributed by atoms with Crippen molar-refractivity contribution in [2.75, 3.05) is 6.54 Å². The maximum atomic E-state index is 12.7. The first-order valence-electron chi connectivity index (χ1n) is 7.54. The molecule has 0 aromatic carbocycles. The number of nitrogens with zero attached hydrogens (tertiary/aromatic N) is 1. The first-order chi connectivity index (χ1) is 9.61. The monoisotopic (exact) mass is 297 g/mol. The van der Waals surface area contributed by atoms with Crippen LogP contribution in [0.3, 0.4) is 0 Å². The SMILES string of the molecule is CCCN(C1CC1)S(=O)(=O)c1c[nH]c(CNC2CC2)c1. The molecule has 2 aliphatic carbocycles. The molecule has 3 rings (SSSR count). The van der Waals surface area contributed by atoms with Gasteiger partial charge < -0.3 is 10.3 Å². The van der Waals surface area contributed by atoms with E-state index in [2.05, 4.69) is 10.3 Å². The molecule has 0 spiro atoms. The summed E-state index contributed by atoms with van der Waals surface area (Å²) in [4.78, 5) is 3.49. The van der Waals surface area contributed by atoms with Crippen LogP contribution in [-0.2, 0) is 16.6 Å². The van der Waals surface area contributed by atoms with Gasteiger partial charge in [-0.15, -0.1) is 0 Å². The van der Waals surface area contributed by atoms with Gasteiger partial charge in [-0.2, -0.15) is 4.31 Å². The predicted octanol–water partition coefficient (Wildman–Crippen LogP) is 1.83. The molecule has 2 N–H and O–H groups in total. The number of nitrogens with one attached hydrogen (secondary N) is 2. The van der Waals surface area contributed by atoms with Gasteiger partial charge >= 0.3 is 0 Å². The lowest BCUT2D eigenvalue weighted by atomic mass is 10.4. The van der Waals surface area contributed by atoms with Gasteiger partial charge in [0.1, 0.15) is 0 Å². The van der Waals surface area contributed by atoms with Crippen molar-refractivity contribution >= 4 is 10.0 Å². The number of aromatic amines is 1. The first kappa shape index (κ1) is 14.1. The highest BCUT2D eigenvalue weighted by atomic mass is 32.2. The maximum Gasteiger partial charge on any atom is 0.244 e. The number of aromatic nitrogens is 1. The fraction of sp³-hybridized carbons (Fsp3) is 0.714. The van der Waals surface area contributed by atoms with Crippen LogP contribution >= 0.6 is 0 Å². The number of hydrogen-bond acceptors (Lipinski definition) is 3. The van der Waals surface area contributed by atoms with E-state index in [0.717, 1.165) is 31.5 Å². The largest absolute Gasteiger partial charge is 0.363 e. The van der Waals surface area contributed by atoms with Gasteiger partial charge in [0.25, 0.3) is 0 Å². The van der Waals surface area contributed by atoms with E-state index in [4.69, 9.17) is 0 Å². The highest BCUT2D eigenvalue weighted by molar-refractivity contribution is 7.89. The minimum atomic E-state index is -3.33. The third-order valence-corrected chi connectivity index (χ3v) is 5.81. The number of rotatable bonds is 8. The Balaban J connectivity index is 1.71. The molecule has 0 aliphatic heterocycles. The fourth-order valence-corrected chi connectivity index (χ4v) is 4.23. The van der Waals surface area contributed by atoms with Gasteiger partial charge in [-0.1, -0.05) is 6.92 Å². The summed E-state index contributed by atoms with van der Waals surface area (Å²) in [5, 5.41) is 3.39. The van der Waals surface area contributed by atoms with Gasteiger partial charge in [0.2, 0.25) is 10.0 Å². The summed E-state index contributed by atoms with van der Waals surface area (Å²) in [6.07, 6.45) is 6.95. The van der Waals surface area contributed by atoms with Crippen LogP contribution in [0.5, 0.6) is 0 Å². The lowest BCUT2D eigenvalue weighted by Crippen LogP contribution is -2.33. The average molecular weight is 297 g/mol. The predicted molar refractivity (Wildman–Crippen MR) is 77.9 cm³/mol. The van der Waals surface area contributed by atoms with Crippen LogP contribution in [0.25, 0.3) is 0 Å². The van der Waals surface area contributed by atoms with Gasteiger partial charge in [-0.25, -0.2) is 8.42 Å². The molecule has 2 saturated carbocycles. The van der Waals surface area contributed by atoms with Gasteiger partial charge in [0.05, 0.1) is 4.90 Å². The van der Waals surface area contributed by atoms with Crippen molar-refractivity contribution in [3.8, 4) is 0 Å². The molecule has 0 radical (unpaired) electrons. The zero-order valence-corrected chi connectivity index (χ0v) is 12.7. The second-order valence-corrected chi connectivity index (χ2v) is 7.75. The van der Waals surface area contributed by atoms with Crippen molar-refractivity contribution in [1.82, 2.24) is 14.6 Å². The summed E-state index contributed by atoms with van der Waals surface area (Å²) in [6, 6.07) is 2.62. The number of sulfonamides is 1. The van der Waals surface area contributed by atoms with E-state index in [1.807, 2.05) is 6.92 Å². The molecule has 2 fully saturated rings. The molecule has 0 bridgehead atoms. The lowest BCUT2D eigenvalue weighted by Gasteiger charge is -2.20.